The molecule has 0 radical (unpaired) electrons. The Morgan fingerprint density at radius 1 is 1.03 bits per heavy atom. The Morgan fingerprint density at radius 3 is 2.46 bits per heavy atom. The van der Waals surface area contributed by atoms with E-state index in [0.29, 0.717) is 47.7 Å². The fourth-order valence-electron chi connectivity index (χ4n) is 3.38. The van der Waals surface area contributed by atoms with Gasteiger partial charge in [-0.05, 0) is 55.2 Å². The molecule has 3 aromatic rings. The molecule has 7 nitrogen and oxygen atoms in total. The van der Waals surface area contributed by atoms with E-state index >= 15 is 0 Å². The van der Waals surface area contributed by atoms with E-state index in [-0.39, 0.29) is 12.4 Å². The van der Waals surface area contributed by atoms with Crippen molar-refractivity contribution < 1.29 is 5.11 Å². The predicted octanol–water partition coefficient (Wildman–Crippen LogP) is 4.58. The lowest BCUT2D eigenvalue weighted by Crippen LogP contribution is -2.28. The first kappa shape index (κ1) is 25.9. The summed E-state index contributed by atoms with van der Waals surface area (Å²) in [5, 5.41) is 10.2. The number of hydrogen-bond acceptors (Lipinski definition) is 6. The quantitative estimate of drug-likeness (QED) is 0.268. The van der Waals surface area contributed by atoms with Gasteiger partial charge in [-0.1, -0.05) is 60.1 Å². The van der Waals surface area contributed by atoms with Gasteiger partial charge in [0.2, 0.25) is 0 Å². The monoisotopic (exact) mass is 490 g/mol. The normalized spacial score (nSPS) is 12.3. The fourth-order valence-corrected chi connectivity index (χ4v) is 3.51. The summed E-state index contributed by atoms with van der Waals surface area (Å²) in [5.74, 6) is 1.90. The maximum Gasteiger partial charge on any atom is 0.160 e. The predicted molar refractivity (Wildman–Crippen MR) is 146 cm³/mol. The number of aliphatic imine (C=N–C) groups is 1. The van der Waals surface area contributed by atoms with Crippen LogP contribution in [0.25, 0.3) is 12.2 Å². The van der Waals surface area contributed by atoms with Gasteiger partial charge < -0.3 is 21.5 Å². The van der Waals surface area contributed by atoms with E-state index in [1.807, 2.05) is 66.7 Å². The molecule has 0 fully saturated rings. The molecule has 5 N–H and O–H groups in total. The van der Waals surface area contributed by atoms with Crippen molar-refractivity contribution in [3.63, 3.8) is 0 Å². The Bertz CT molecular complexity index is 1170. The highest BCUT2D eigenvalue weighted by Gasteiger charge is 2.12. The number of anilines is 1. The summed E-state index contributed by atoms with van der Waals surface area (Å²) in [5.41, 5.74) is 14.5. The molecule has 0 saturated heterocycles. The van der Waals surface area contributed by atoms with Crippen LogP contribution < -0.4 is 16.4 Å². The Morgan fingerprint density at radius 2 is 1.77 bits per heavy atom. The molecule has 2 aromatic carbocycles. The average molecular weight is 491 g/mol. The lowest BCUT2D eigenvalue weighted by Gasteiger charge is -2.24. The van der Waals surface area contributed by atoms with E-state index in [4.69, 9.17) is 28.1 Å². The molecule has 0 amide bonds. The average Bonchev–Trinajstić information content (AvgIpc) is 2.84. The number of nitrogens with two attached hydrogens (primary N) is 2. The van der Waals surface area contributed by atoms with Crippen molar-refractivity contribution in [1.29, 1.82) is 0 Å². The summed E-state index contributed by atoms with van der Waals surface area (Å²) in [4.78, 5) is 15.9. The molecule has 0 saturated carbocycles. The molecule has 0 atom stereocenters. The van der Waals surface area contributed by atoms with Crippen LogP contribution in [0.15, 0.2) is 77.4 Å². The van der Waals surface area contributed by atoms with Crippen molar-refractivity contribution in [2.24, 2.45) is 16.5 Å². The van der Waals surface area contributed by atoms with Crippen LogP contribution in [0.3, 0.4) is 0 Å². The van der Waals surface area contributed by atoms with Gasteiger partial charge in [-0.15, -0.1) is 0 Å². The number of aromatic nitrogens is 2. The SMILES string of the molecule is C/C(N)=C/C(N)=N\c1cc(N(CCCO)CCc2ccc(Cl)cc2)nc(/C=C/c2ccccc2)n1. The Labute approximate surface area is 211 Å². The molecule has 0 aliphatic heterocycles. The highest BCUT2D eigenvalue weighted by atomic mass is 35.5. The first-order chi connectivity index (χ1) is 16.9. The van der Waals surface area contributed by atoms with Crippen molar-refractivity contribution in [3.05, 3.63) is 94.4 Å². The number of rotatable bonds is 11. The summed E-state index contributed by atoms with van der Waals surface area (Å²) in [6.45, 7) is 3.15. The number of allylic oxidation sites excluding steroid dienone is 1. The number of amidine groups is 1. The van der Waals surface area contributed by atoms with Crippen molar-refractivity contribution in [2.75, 3.05) is 24.6 Å². The lowest BCUT2D eigenvalue weighted by atomic mass is 10.1. The van der Waals surface area contributed by atoms with Gasteiger partial charge in [0, 0.05) is 36.5 Å². The van der Waals surface area contributed by atoms with Crippen LogP contribution >= 0.6 is 11.6 Å². The zero-order valence-electron chi connectivity index (χ0n) is 19.8. The molecular formula is C27H31ClN6O. The van der Waals surface area contributed by atoms with Gasteiger partial charge >= 0.3 is 0 Å². The van der Waals surface area contributed by atoms with Gasteiger partial charge in [0.15, 0.2) is 11.6 Å². The summed E-state index contributed by atoms with van der Waals surface area (Å²) in [6.07, 6.45) is 6.78. The molecule has 182 valence electrons. The Hall–Kier alpha value is -3.68. The van der Waals surface area contributed by atoms with Gasteiger partial charge in [0.1, 0.15) is 11.7 Å². The second-order valence-electron chi connectivity index (χ2n) is 8.05. The van der Waals surface area contributed by atoms with Gasteiger partial charge in [-0.2, -0.15) is 0 Å². The number of aliphatic hydroxyl groups is 1. The van der Waals surface area contributed by atoms with Crippen LogP contribution in [0.1, 0.15) is 30.3 Å². The summed E-state index contributed by atoms with van der Waals surface area (Å²) < 4.78 is 0. The third-order valence-electron chi connectivity index (χ3n) is 5.05. The van der Waals surface area contributed by atoms with Crippen molar-refractivity contribution in [1.82, 2.24) is 9.97 Å². The highest BCUT2D eigenvalue weighted by molar-refractivity contribution is 6.30. The molecule has 0 unspecified atom stereocenters. The summed E-state index contributed by atoms with van der Waals surface area (Å²) in [7, 11) is 0. The van der Waals surface area contributed by atoms with E-state index < -0.39 is 0 Å². The molecular weight excluding hydrogens is 460 g/mol. The minimum atomic E-state index is 0.0851. The van der Waals surface area contributed by atoms with Gasteiger partial charge in [-0.25, -0.2) is 15.0 Å². The maximum atomic E-state index is 9.46. The Balaban J connectivity index is 1.95. The number of benzene rings is 2. The lowest BCUT2D eigenvalue weighted by molar-refractivity contribution is 0.289. The molecule has 0 spiro atoms. The smallest absolute Gasteiger partial charge is 0.160 e. The molecule has 1 heterocycles. The van der Waals surface area contributed by atoms with Crippen LogP contribution in [-0.4, -0.2) is 40.6 Å². The number of halogens is 1. The van der Waals surface area contributed by atoms with E-state index in [9.17, 15) is 5.11 Å². The summed E-state index contributed by atoms with van der Waals surface area (Å²) in [6, 6.07) is 19.5. The van der Waals surface area contributed by atoms with Crippen molar-refractivity contribution >= 4 is 41.2 Å². The first-order valence-electron chi connectivity index (χ1n) is 11.4. The van der Waals surface area contributed by atoms with Crippen LogP contribution in [0.2, 0.25) is 5.02 Å². The van der Waals surface area contributed by atoms with Crippen LogP contribution in [0.5, 0.6) is 0 Å². The van der Waals surface area contributed by atoms with Gasteiger partial charge in [0.25, 0.3) is 0 Å². The van der Waals surface area contributed by atoms with Crippen LogP contribution in [-0.2, 0) is 6.42 Å². The Kier molecular flexibility index (Phi) is 9.83. The first-order valence-corrected chi connectivity index (χ1v) is 11.8. The summed E-state index contributed by atoms with van der Waals surface area (Å²) >= 11 is 6.02. The topological polar surface area (TPSA) is 114 Å². The minimum absolute atomic E-state index is 0.0851. The minimum Gasteiger partial charge on any atom is -0.402 e. The van der Waals surface area contributed by atoms with E-state index in [1.165, 1.54) is 0 Å². The molecule has 0 bridgehead atoms. The molecule has 0 aliphatic rings. The molecule has 8 heteroatoms. The second-order valence-corrected chi connectivity index (χ2v) is 8.49. The van der Waals surface area contributed by atoms with E-state index in [0.717, 1.165) is 17.5 Å². The molecule has 0 aliphatic carbocycles. The number of aliphatic hydroxyl groups excluding tert-OH is 1. The van der Waals surface area contributed by atoms with Crippen LogP contribution in [0, 0.1) is 0 Å². The van der Waals surface area contributed by atoms with E-state index in [1.54, 1.807) is 19.1 Å². The maximum absolute atomic E-state index is 9.46. The highest BCUT2D eigenvalue weighted by Crippen LogP contribution is 2.21. The van der Waals surface area contributed by atoms with Gasteiger partial charge in [0.05, 0.1) is 0 Å². The molecule has 3 rings (SSSR count). The van der Waals surface area contributed by atoms with Crippen molar-refractivity contribution in [2.45, 2.75) is 19.8 Å². The number of nitrogens with zero attached hydrogens (tertiary/aromatic N) is 4. The molecule has 35 heavy (non-hydrogen) atoms. The van der Waals surface area contributed by atoms with E-state index in [2.05, 4.69) is 14.9 Å². The standard InChI is InChI=1S/C27H31ClN6O/c1-20(29)18-24(30)31-26-19-27(33-25(32-26)13-10-21-6-3-2-4-7-21)34(15-5-17-35)16-14-22-8-11-23(28)12-9-22/h2-4,6-13,18-19,35H,5,14-17,29H2,1H3,(H2,30,31,32,33)/b13-10+,20-18-. The van der Waals surface area contributed by atoms with Crippen LogP contribution in [0.4, 0.5) is 11.6 Å². The third kappa shape index (κ3) is 8.88. The fraction of sp³-hybridized carbons (Fsp3) is 0.222. The van der Waals surface area contributed by atoms with Gasteiger partial charge in [-0.3, -0.25) is 0 Å². The largest absolute Gasteiger partial charge is 0.402 e. The molecule has 1 aromatic heterocycles. The van der Waals surface area contributed by atoms with Crippen molar-refractivity contribution in [3.8, 4) is 0 Å². The second kappa shape index (κ2) is 13.3. The number of hydrogen-bond donors (Lipinski definition) is 3. The zero-order valence-corrected chi connectivity index (χ0v) is 20.6. The third-order valence-corrected chi connectivity index (χ3v) is 5.31. The zero-order chi connectivity index (χ0) is 25.0.